The van der Waals surface area contributed by atoms with E-state index in [1.807, 2.05) is 6.07 Å². The van der Waals surface area contributed by atoms with E-state index in [-0.39, 0.29) is 18.5 Å². The maximum atomic E-state index is 12.7. The second-order valence-corrected chi connectivity index (χ2v) is 8.55. The SMILES string of the molecule is CN1CCc2nc(NC(=O)c3cccc(CNC(=O)Nc4cccc(N)c4)c3)sc2C1. The number of nitrogens with zero attached hydrogens (tertiary/aromatic N) is 2. The molecule has 0 fully saturated rings. The highest BCUT2D eigenvalue weighted by Crippen LogP contribution is 2.28. The number of hydrogen-bond acceptors (Lipinski definition) is 6. The van der Waals surface area contributed by atoms with E-state index in [2.05, 4.69) is 32.9 Å². The second kappa shape index (κ2) is 9.15. The van der Waals surface area contributed by atoms with Crippen LogP contribution in [-0.2, 0) is 19.5 Å². The molecule has 2 heterocycles. The summed E-state index contributed by atoms with van der Waals surface area (Å²) in [6.45, 7) is 2.12. The van der Waals surface area contributed by atoms with Gasteiger partial charge in [-0.1, -0.05) is 18.2 Å². The first kappa shape index (κ1) is 20.8. The van der Waals surface area contributed by atoms with Crippen LogP contribution in [0.25, 0.3) is 0 Å². The number of fused-ring (bicyclic) bond motifs is 1. The van der Waals surface area contributed by atoms with E-state index in [0.29, 0.717) is 22.1 Å². The van der Waals surface area contributed by atoms with Crippen molar-refractivity contribution in [2.24, 2.45) is 0 Å². The average molecular weight is 437 g/mol. The van der Waals surface area contributed by atoms with Crippen molar-refractivity contribution in [1.29, 1.82) is 0 Å². The van der Waals surface area contributed by atoms with Crippen LogP contribution in [0, 0.1) is 0 Å². The maximum absolute atomic E-state index is 12.7. The van der Waals surface area contributed by atoms with Gasteiger partial charge in [-0.15, -0.1) is 11.3 Å². The summed E-state index contributed by atoms with van der Waals surface area (Å²) in [5.74, 6) is -0.217. The molecule has 0 unspecified atom stereocenters. The van der Waals surface area contributed by atoms with Crippen molar-refractivity contribution in [3.63, 3.8) is 0 Å². The lowest BCUT2D eigenvalue weighted by Gasteiger charge is -2.20. The summed E-state index contributed by atoms with van der Waals surface area (Å²) in [6, 6.07) is 13.8. The van der Waals surface area contributed by atoms with Crippen LogP contribution in [0.15, 0.2) is 48.5 Å². The Morgan fingerprint density at radius 3 is 2.84 bits per heavy atom. The van der Waals surface area contributed by atoms with E-state index < -0.39 is 0 Å². The fourth-order valence-electron chi connectivity index (χ4n) is 3.34. The van der Waals surface area contributed by atoms with Crippen LogP contribution in [0.4, 0.5) is 21.3 Å². The van der Waals surface area contributed by atoms with Gasteiger partial charge in [0.2, 0.25) is 0 Å². The molecule has 0 radical (unpaired) electrons. The number of nitrogen functional groups attached to an aromatic ring is 1. The van der Waals surface area contributed by atoms with Crippen molar-refractivity contribution in [2.45, 2.75) is 19.5 Å². The number of carbonyl (C=O) groups excluding carboxylic acids is 2. The molecule has 5 N–H and O–H groups in total. The van der Waals surface area contributed by atoms with Gasteiger partial charge in [0, 0.05) is 47.9 Å². The third-order valence-electron chi connectivity index (χ3n) is 4.93. The lowest BCUT2D eigenvalue weighted by molar-refractivity contribution is 0.102. The van der Waals surface area contributed by atoms with Crippen molar-refractivity contribution in [1.82, 2.24) is 15.2 Å². The standard InChI is InChI=1S/C22H24N6O2S/c1-28-9-8-18-19(13-28)31-22(26-18)27-20(29)15-5-2-4-14(10-15)12-24-21(30)25-17-7-3-6-16(23)11-17/h2-7,10-11H,8-9,12-13,23H2,1H3,(H2,24,25,30)(H,26,27,29). The molecule has 1 aliphatic heterocycles. The van der Waals surface area contributed by atoms with Crippen molar-refractivity contribution in [2.75, 3.05) is 30.0 Å². The summed E-state index contributed by atoms with van der Waals surface area (Å²) in [5, 5.41) is 9.03. The van der Waals surface area contributed by atoms with Gasteiger partial charge in [0.25, 0.3) is 5.91 Å². The number of thiazole rings is 1. The summed E-state index contributed by atoms with van der Waals surface area (Å²) in [4.78, 5) is 32.8. The fourth-order valence-corrected chi connectivity index (χ4v) is 4.43. The Hall–Kier alpha value is -3.43. The van der Waals surface area contributed by atoms with E-state index in [9.17, 15) is 9.59 Å². The number of anilines is 3. The number of likely N-dealkylation sites (N-methyl/N-ethyl adjacent to an activating group) is 1. The lowest BCUT2D eigenvalue weighted by atomic mass is 10.1. The quantitative estimate of drug-likeness (QED) is 0.459. The second-order valence-electron chi connectivity index (χ2n) is 7.46. The number of nitrogens with one attached hydrogen (secondary N) is 3. The van der Waals surface area contributed by atoms with Gasteiger partial charge in [0.05, 0.1) is 5.69 Å². The Morgan fingerprint density at radius 1 is 1.16 bits per heavy atom. The van der Waals surface area contributed by atoms with E-state index in [1.165, 1.54) is 16.2 Å². The third-order valence-corrected chi connectivity index (χ3v) is 5.93. The highest BCUT2D eigenvalue weighted by molar-refractivity contribution is 7.15. The number of rotatable bonds is 5. The molecule has 31 heavy (non-hydrogen) atoms. The van der Waals surface area contributed by atoms with Crippen molar-refractivity contribution < 1.29 is 9.59 Å². The highest BCUT2D eigenvalue weighted by Gasteiger charge is 2.19. The van der Waals surface area contributed by atoms with Crippen molar-refractivity contribution >= 4 is 39.8 Å². The predicted molar refractivity (Wildman–Crippen MR) is 123 cm³/mol. The van der Waals surface area contributed by atoms with Crippen LogP contribution < -0.4 is 21.7 Å². The number of urea groups is 1. The topological polar surface area (TPSA) is 112 Å². The minimum absolute atomic E-state index is 0.217. The predicted octanol–water partition coefficient (Wildman–Crippen LogP) is 3.29. The van der Waals surface area contributed by atoms with Crippen LogP contribution in [0.2, 0.25) is 0 Å². The zero-order chi connectivity index (χ0) is 21.8. The molecule has 9 heteroatoms. The Balaban J connectivity index is 1.34. The van der Waals surface area contributed by atoms with E-state index in [4.69, 9.17) is 5.73 Å². The first-order valence-corrected chi connectivity index (χ1v) is 10.8. The van der Waals surface area contributed by atoms with Gasteiger partial charge in [-0.2, -0.15) is 0 Å². The monoisotopic (exact) mass is 436 g/mol. The van der Waals surface area contributed by atoms with Crippen LogP contribution >= 0.6 is 11.3 Å². The number of amides is 3. The molecular weight excluding hydrogens is 412 g/mol. The smallest absolute Gasteiger partial charge is 0.319 e. The summed E-state index contributed by atoms with van der Waals surface area (Å²) >= 11 is 1.52. The molecule has 1 aliphatic rings. The van der Waals surface area contributed by atoms with E-state index in [0.717, 1.165) is 30.8 Å². The molecule has 0 aliphatic carbocycles. The van der Waals surface area contributed by atoms with Gasteiger partial charge in [-0.05, 0) is 42.9 Å². The summed E-state index contributed by atoms with van der Waals surface area (Å²) in [5.41, 5.74) is 9.31. The number of aromatic nitrogens is 1. The van der Waals surface area contributed by atoms with E-state index in [1.54, 1.807) is 42.5 Å². The van der Waals surface area contributed by atoms with Crippen molar-refractivity contribution in [3.05, 3.63) is 70.2 Å². The molecule has 0 saturated heterocycles. The number of hydrogen-bond donors (Lipinski definition) is 4. The minimum Gasteiger partial charge on any atom is -0.399 e. The molecule has 8 nitrogen and oxygen atoms in total. The van der Waals surface area contributed by atoms with Gasteiger partial charge >= 0.3 is 6.03 Å². The van der Waals surface area contributed by atoms with Crippen LogP contribution in [0.5, 0.6) is 0 Å². The van der Waals surface area contributed by atoms with E-state index >= 15 is 0 Å². The molecular formula is C22H24N6O2S. The first-order chi connectivity index (χ1) is 15.0. The van der Waals surface area contributed by atoms with Gasteiger partial charge in [0.1, 0.15) is 0 Å². The third kappa shape index (κ3) is 5.39. The van der Waals surface area contributed by atoms with Gasteiger partial charge < -0.3 is 21.3 Å². The summed E-state index contributed by atoms with van der Waals surface area (Å²) in [7, 11) is 2.08. The Kier molecular flexibility index (Phi) is 6.15. The number of carbonyl (C=O) groups is 2. The molecule has 2 aromatic carbocycles. The molecule has 3 amide bonds. The maximum Gasteiger partial charge on any atom is 0.319 e. The molecule has 0 atom stereocenters. The Labute approximate surface area is 184 Å². The number of benzene rings is 2. The Morgan fingerprint density at radius 2 is 2.00 bits per heavy atom. The van der Waals surface area contributed by atoms with Crippen LogP contribution in [0.1, 0.15) is 26.5 Å². The normalized spacial score (nSPS) is 13.3. The highest BCUT2D eigenvalue weighted by atomic mass is 32.1. The molecule has 1 aromatic heterocycles. The zero-order valence-corrected chi connectivity index (χ0v) is 18.0. The first-order valence-electron chi connectivity index (χ1n) is 9.94. The summed E-state index contributed by atoms with van der Waals surface area (Å²) in [6.07, 6.45) is 0.900. The lowest BCUT2D eigenvalue weighted by Crippen LogP contribution is -2.28. The molecule has 0 bridgehead atoms. The molecule has 0 spiro atoms. The number of nitrogens with two attached hydrogens (primary N) is 1. The average Bonchev–Trinajstić information content (AvgIpc) is 3.13. The molecule has 4 rings (SSSR count). The van der Waals surface area contributed by atoms with Gasteiger partial charge in [-0.3, -0.25) is 10.1 Å². The molecule has 160 valence electrons. The van der Waals surface area contributed by atoms with Gasteiger partial charge in [-0.25, -0.2) is 9.78 Å². The summed E-state index contributed by atoms with van der Waals surface area (Å²) < 4.78 is 0. The molecule has 3 aromatic rings. The largest absolute Gasteiger partial charge is 0.399 e. The fraction of sp³-hybridized carbons (Fsp3) is 0.227. The van der Waals surface area contributed by atoms with Crippen LogP contribution in [0.3, 0.4) is 0 Å². The van der Waals surface area contributed by atoms with Crippen LogP contribution in [-0.4, -0.2) is 35.4 Å². The molecule has 0 saturated carbocycles. The van der Waals surface area contributed by atoms with Gasteiger partial charge in [0.15, 0.2) is 5.13 Å². The van der Waals surface area contributed by atoms with Crippen molar-refractivity contribution in [3.8, 4) is 0 Å². The minimum atomic E-state index is -0.348. The zero-order valence-electron chi connectivity index (χ0n) is 17.1. The Bertz CT molecular complexity index is 1110.